The zero-order valence-electron chi connectivity index (χ0n) is 12.3. The van der Waals surface area contributed by atoms with Gasteiger partial charge in [0.25, 0.3) is 0 Å². The molecule has 0 unspecified atom stereocenters. The monoisotopic (exact) mass is 355 g/mol. The van der Waals surface area contributed by atoms with Gasteiger partial charge in [-0.25, -0.2) is 4.98 Å². The van der Waals surface area contributed by atoms with Gasteiger partial charge in [0.2, 0.25) is 5.91 Å². The van der Waals surface area contributed by atoms with Gasteiger partial charge in [0, 0.05) is 18.2 Å². The number of ether oxygens (including phenoxy) is 1. The number of aromatic nitrogens is 1. The predicted molar refractivity (Wildman–Crippen MR) is 89.6 cm³/mol. The van der Waals surface area contributed by atoms with E-state index in [0.717, 1.165) is 35.8 Å². The fraction of sp³-hybridized carbons (Fsp3) is 0.692. The Labute approximate surface area is 142 Å². The molecule has 2 rings (SSSR count). The lowest BCUT2D eigenvalue weighted by atomic mass is 9.78. The summed E-state index contributed by atoms with van der Waals surface area (Å²) in [4.78, 5) is 17.7. The molecule has 0 radical (unpaired) electrons. The van der Waals surface area contributed by atoms with Crippen molar-refractivity contribution in [2.24, 2.45) is 5.41 Å². The molecule has 0 aromatic carbocycles. The summed E-state index contributed by atoms with van der Waals surface area (Å²) < 4.78 is 5.26. The fourth-order valence-electron chi connectivity index (χ4n) is 2.46. The summed E-state index contributed by atoms with van der Waals surface area (Å²) >= 11 is 1.62. The zero-order chi connectivity index (χ0) is 13.7. The van der Waals surface area contributed by atoms with Crippen LogP contribution in [0.3, 0.4) is 0 Å². The Hall–Kier alpha value is -0.400. The van der Waals surface area contributed by atoms with Gasteiger partial charge in [0.1, 0.15) is 0 Å². The van der Waals surface area contributed by atoms with E-state index < -0.39 is 0 Å². The van der Waals surface area contributed by atoms with E-state index in [1.54, 1.807) is 18.4 Å². The number of hydrogen-bond acceptors (Lipinski definition) is 5. The number of nitrogens with one attached hydrogen (secondary N) is 2. The van der Waals surface area contributed by atoms with Gasteiger partial charge in [-0.1, -0.05) is 0 Å². The van der Waals surface area contributed by atoms with Crippen LogP contribution in [0.4, 0.5) is 0 Å². The van der Waals surface area contributed by atoms with Crippen LogP contribution in [0.2, 0.25) is 0 Å². The molecule has 1 aromatic heterocycles. The minimum absolute atomic E-state index is 0. The molecule has 1 aromatic rings. The van der Waals surface area contributed by atoms with Crippen LogP contribution < -0.4 is 10.6 Å². The first-order chi connectivity index (χ1) is 9.16. The number of aryl methyl sites for hydroxylation is 1. The van der Waals surface area contributed by atoms with Crippen molar-refractivity contribution in [3.05, 3.63) is 16.1 Å². The molecule has 2 N–H and O–H groups in total. The maximum Gasteiger partial charge on any atom is 0.228 e. The topological polar surface area (TPSA) is 63.2 Å². The highest BCUT2D eigenvalue weighted by Gasteiger charge is 2.39. The van der Waals surface area contributed by atoms with Crippen LogP contribution in [-0.2, 0) is 16.1 Å². The van der Waals surface area contributed by atoms with Gasteiger partial charge in [0.05, 0.1) is 23.6 Å². The molecule has 122 valence electrons. The van der Waals surface area contributed by atoms with Crippen molar-refractivity contribution < 1.29 is 9.53 Å². The second-order valence-electron chi connectivity index (χ2n) is 4.99. The van der Waals surface area contributed by atoms with Crippen LogP contribution in [0.15, 0.2) is 6.20 Å². The average molecular weight is 356 g/mol. The second-order valence-corrected chi connectivity index (χ2v) is 6.31. The number of carbonyl (C=O) groups excluding carboxylic acids is 1. The minimum atomic E-state index is -0.375. The molecule has 21 heavy (non-hydrogen) atoms. The summed E-state index contributed by atoms with van der Waals surface area (Å²) in [6.45, 7) is 4.76. The molecular formula is C13H23Cl2N3O2S. The number of rotatable bonds is 5. The molecule has 1 aliphatic heterocycles. The Morgan fingerprint density at radius 3 is 2.67 bits per heavy atom. The van der Waals surface area contributed by atoms with Crippen LogP contribution in [0.25, 0.3) is 0 Å². The van der Waals surface area contributed by atoms with Crippen LogP contribution in [0.1, 0.15) is 22.7 Å². The largest absolute Gasteiger partial charge is 0.384 e. The van der Waals surface area contributed by atoms with E-state index in [0.29, 0.717) is 13.2 Å². The van der Waals surface area contributed by atoms with Crippen LogP contribution in [-0.4, -0.2) is 37.7 Å². The van der Waals surface area contributed by atoms with Gasteiger partial charge in [-0.2, -0.15) is 0 Å². The van der Waals surface area contributed by atoms with Crippen molar-refractivity contribution in [3.8, 4) is 0 Å². The SMILES string of the molecule is COCC1(C(=O)NCc2cnc(C)s2)CCNCC1.Cl.Cl. The number of piperidine rings is 1. The van der Waals surface area contributed by atoms with Crippen molar-refractivity contribution >= 4 is 42.1 Å². The predicted octanol–water partition coefficient (Wildman–Crippen LogP) is 1.93. The van der Waals surface area contributed by atoms with Crippen molar-refractivity contribution in [2.45, 2.75) is 26.3 Å². The number of thiazole rings is 1. The van der Waals surface area contributed by atoms with Gasteiger partial charge in [-0.3, -0.25) is 4.79 Å². The van der Waals surface area contributed by atoms with Crippen molar-refractivity contribution in [3.63, 3.8) is 0 Å². The van der Waals surface area contributed by atoms with E-state index in [-0.39, 0.29) is 36.1 Å². The average Bonchev–Trinajstić information content (AvgIpc) is 2.83. The molecule has 2 heterocycles. The van der Waals surface area contributed by atoms with Crippen LogP contribution in [0.5, 0.6) is 0 Å². The maximum atomic E-state index is 12.5. The molecule has 0 bridgehead atoms. The fourth-order valence-corrected chi connectivity index (χ4v) is 3.20. The quantitative estimate of drug-likeness (QED) is 0.846. The Morgan fingerprint density at radius 1 is 1.48 bits per heavy atom. The molecule has 1 amide bonds. The van der Waals surface area contributed by atoms with E-state index in [1.165, 1.54) is 0 Å². The third kappa shape index (κ3) is 5.38. The first-order valence-electron chi connectivity index (χ1n) is 6.55. The highest BCUT2D eigenvalue weighted by atomic mass is 35.5. The Balaban J connectivity index is 0.00000200. The minimum Gasteiger partial charge on any atom is -0.384 e. The lowest BCUT2D eigenvalue weighted by Gasteiger charge is -2.35. The number of halogens is 2. The van der Waals surface area contributed by atoms with Gasteiger partial charge >= 0.3 is 0 Å². The first-order valence-corrected chi connectivity index (χ1v) is 7.37. The van der Waals surface area contributed by atoms with Gasteiger partial charge in [0.15, 0.2) is 0 Å². The number of nitrogens with zero attached hydrogens (tertiary/aromatic N) is 1. The normalized spacial score (nSPS) is 16.5. The summed E-state index contributed by atoms with van der Waals surface area (Å²) in [6.07, 6.45) is 3.48. The van der Waals surface area contributed by atoms with Gasteiger partial charge in [-0.05, 0) is 32.9 Å². The molecule has 0 aliphatic carbocycles. The summed E-state index contributed by atoms with van der Waals surface area (Å²) in [7, 11) is 1.66. The third-order valence-electron chi connectivity index (χ3n) is 3.56. The second kappa shape index (κ2) is 9.58. The highest BCUT2D eigenvalue weighted by Crippen LogP contribution is 2.29. The number of methoxy groups -OCH3 is 1. The molecule has 1 saturated heterocycles. The molecule has 1 aliphatic rings. The van der Waals surface area contributed by atoms with Gasteiger partial charge < -0.3 is 15.4 Å². The van der Waals surface area contributed by atoms with Crippen molar-refractivity contribution in [1.29, 1.82) is 0 Å². The number of amides is 1. The van der Waals surface area contributed by atoms with E-state index >= 15 is 0 Å². The standard InChI is InChI=1S/C13H21N3O2S.2ClH/c1-10-15-7-11(19-10)8-16-12(17)13(9-18-2)3-5-14-6-4-13;;/h7,14H,3-6,8-9H2,1-2H3,(H,16,17);2*1H. The highest BCUT2D eigenvalue weighted by molar-refractivity contribution is 7.11. The lowest BCUT2D eigenvalue weighted by Crippen LogP contribution is -2.49. The number of carbonyl (C=O) groups is 1. The molecule has 1 fully saturated rings. The van der Waals surface area contributed by atoms with Crippen LogP contribution in [0, 0.1) is 12.3 Å². The zero-order valence-corrected chi connectivity index (χ0v) is 14.8. The maximum absolute atomic E-state index is 12.5. The summed E-state index contributed by atoms with van der Waals surface area (Å²) in [5.41, 5.74) is -0.375. The summed E-state index contributed by atoms with van der Waals surface area (Å²) in [6, 6.07) is 0. The van der Waals surface area contributed by atoms with Crippen LogP contribution >= 0.6 is 36.2 Å². The van der Waals surface area contributed by atoms with E-state index in [1.807, 2.05) is 13.1 Å². The first kappa shape index (κ1) is 20.6. The smallest absolute Gasteiger partial charge is 0.228 e. The van der Waals surface area contributed by atoms with E-state index in [9.17, 15) is 4.79 Å². The molecule has 0 atom stereocenters. The molecule has 0 saturated carbocycles. The Morgan fingerprint density at radius 2 is 2.14 bits per heavy atom. The number of hydrogen-bond donors (Lipinski definition) is 2. The summed E-state index contributed by atoms with van der Waals surface area (Å²) in [5.74, 6) is 0.0990. The summed E-state index contributed by atoms with van der Waals surface area (Å²) in [5, 5.41) is 7.34. The van der Waals surface area contributed by atoms with Gasteiger partial charge in [-0.15, -0.1) is 36.2 Å². The van der Waals surface area contributed by atoms with E-state index in [2.05, 4.69) is 15.6 Å². The van der Waals surface area contributed by atoms with Crippen molar-refractivity contribution in [1.82, 2.24) is 15.6 Å². The third-order valence-corrected chi connectivity index (χ3v) is 4.47. The molecule has 0 spiro atoms. The Bertz CT molecular complexity index is 431. The van der Waals surface area contributed by atoms with Crippen molar-refractivity contribution in [2.75, 3.05) is 26.8 Å². The molecule has 5 nitrogen and oxygen atoms in total. The molecule has 8 heteroatoms. The molecular weight excluding hydrogens is 333 g/mol. The lowest BCUT2D eigenvalue weighted by molar-refractivity contribution is -0.136. The Kier molecular flexibility index (Phi) is 9.40. The van der Waals surface area contributed by atoms with E-state index in [4.69, 9.17) is 4.74 Å².